The van der Waals surface area contributed by atoms with Crippen LogP contribution in [-0.2, 0) is 34.1 Å². The first kappa shape index (κ1) is 26.4. The lowest BCUT2D eigenvalue weighted by atomic mass is 9.92. The fraction of sp³-hybridized carbons (Fsp3) is 0.379. The Morgan fingerprint density at radius 2 is 2.00 bits per heavy atom. The summed E-state index contributed by atoms with van der Waals surface area (Å²) in [4.78, 5) is 39.7. The number of alkyl halides is 3. The Bertz CT molecular complexity index is 1560. The Hall–Kier alpha value is -3.83. The van der Waals surface area contributed by atoms with E-state index in [9.17, 15) is 27.9 Å². The van der Waals surface area contributed by atoms with E-state index < -0.39 is 29.2 Å². The normalized spacial score (nSPS) is 19.0. The van der Waals surface area contributed by atoms with Gasteiger partial charge in [0.05, 0.1) is 42.0 Å². The number of rotatable bonds is 5. The standard InChI is InChI=1S/C29H27F3N4O4/c30-29(31,32)20-3-1-2-18(12-20)24(37)26(39)36-9-4-23-22(16-36)25(38)35-27(34-23)28(7-8-28)21-13-19(14-33-15-21)17-5-10-40-11-6-17/h1-3,5,12-15,24,37H,4,6-11,16H2,(H,34,35,38). The van der Waals surface area contributed by atoms with Gasteiger partial charge in [-0.25, -0.2) is 4.98 Å². The number of hydrogen-bond acceptors (Lipinski definition) is 6. The van der Waals surface area contributed by atoms with Gasteiger partial charge in [-0.3, -0.25) is 14.6 Å². The molecular formula is C29H27F3N4O4. The van der Waals surface area contributed by atoms with Gasteiger partial charge in [0.25, 0.3) is 11.5 Å². The van der Waals surface area contributed by atoms with Gasteiger partial charge in [-0.1, -0.05) is 18.2 Å². The number of hydrogen-bond donors (Lipinski definition) is 2. The van der Waals surface area contributed by atoms with Crippen molar-refractivity contribution in [3.05, 3.63) is 98.5 Å². The average Bonchev–Trinajstić information content (AvgIpc) is 3.79. The second-order valence-corrected chi connectivity index (χ2v) is 10.5. The SMILES string of the molecule is O=C(C(O)c1cccc(C(F)(F)F)c1)N1CCc2nc(C3(c4cncc(C5=CCOCC5)c4)CC3)[nH]c(=O)c2C1. The Labute approximate surface area is 227 Å². The zero-order valence-corrected chi connectivity index (χ0v) is 21.5. The second kappa shape index (κ2) is 9.97. The van der Waals surface area contributed by atoms with Crippen molar-refractivity contribution in [3.8, 4) is 0 Å². The summed E-state index contributed by atoms with van der Waals surface area (Å²) in [6, 6.07) is 6.16. The van der Waals surface area contributed by atoms with E-state index in [2.05, 4.69) is 22.1 Å². The number of aromatic nitrogens is 3. The number of nitrogens with zero attached hydrogens (tertiary/aromatic N) is 3. The number of benzene rings is 1. The van der Waals surface area contributed by atoms with Gasteiger partial charge in [0.2, 0.25) is 0 Å². The van der Waals surface area contributed by atoms with Gasteiger partial charge in [0.1, 0.15) is 5.82 Å². The molecule has 3 aromatic rings. The fourth-order valence-corrected chi connectivity index (χ4v) is 5.49. The number of halogens is 3. The molecule has 3 aliphatic rings. The van der Waals surface area contributed by atoms with Gasteiger partial charge in [-0.15, -0.1) is 0 Å². The predicted octanol–water partition coefficient (Wildman–Crippen LogP) is 3.69. The van der Waals surface area contributed by atoms with E-state index in [0.29, 0.717) is 30.3 Å². The molecule has 208 valence electrons. The van der Waals surface area contributed by atoms with Crippen LogP contribution in [-0.4, -0.2) is 50.6 Å². The number of amides is 1. The lowest BCUT2D eigenvalue weighted by molar-refractivity contribution is -0.142. The summed E-state index contributed by atoms with van der Waals surface area (Å²) in [5, 5.41) is 10.6. The Morgan fingerprint density at radius 3 is 2.73 bits per heavy atom. The van der Waals surface area contributed by atoms with Crippen LogP contribution in [0.4, 0.5) is 13.2 Å². The molecule has 8 nitrogen and oxygen atoms in total. The quantitative estimate of drug-likeness (QED) is 0.500. The topological polar surface area (TPSA) is 108 Å². The van der Waals surface area contributed by atoms with E-state index in [1.165, 1.54) is 16.5 Å². The number of pyridine rings is 1. The van der Waals surface area contributed by atoms with Crippen LogP contribution in [0.25, 0.3) is 5.57 Å². The van der Waals surface area contributed by atoms with E-state index in [1.54, 1.807) is 0 Å². The van der Waals surface area contributed by atoms with Crippen LogP contribution >= 0.6 is 0 Å². The summed E-state index contributed by atoms with van der Waals surface area (Å²) < 4.78 is 44.7. The summed E-state index contributed by atoms with van der Waals surface area (Å²) in [7, 11) is 0. The molecule has 1 amide bonds. The molecule has 0 saturated heterocycles. The molecule has 2 aliphatic heterocycles. The first-order valence-corrected chi connectivity index (χ1v) is 13.1. The minimum atomic E-state index is -4.60. The second-order valence-electron chi connectivity index (χ2n) is 10.5. The Morgan fingerprint density at radius 1 is 1.18 bits per heavy atom. The molecule has 1 unspecified atom stereocenters. The summed E-state index contributed by atoms with van der Waals surface area (Å²) in [5.41, 5.74) is 2.18. The summed E-state index contributed by atoms with van der Waals surface area (Å²) >= 11 is 0. The van der Waals surface area contributed by atoms with Gasteiger partial charge in [-0.2, -0.15) is 13.2 Å². The van der Waals surface area contributed by atoms with Crippen molar-refractivity contribution < 1.29 is 27.8 Å². The molecule has 40 heavy (non-hydrogen) atoms. The Balaban J connectivity index is 1.23. The third kappa shape index (κ3) is 4.84. The molecule has 0 spiro atoms. The highest BCUT2D eigenvalue weighted by molar-refractivity contribution is 5.82. The van der Waals surface area contributed by atoms with Gasteiger partial charge in [0.15, 0.2) is 6.10 Å². The van der Waals surface area contributed by atoms with Gasteiger partial charge >= 0.3 is 6.18 Å². The van der Waals surface area contributed by atoms with Crippen molar-refractivity contribution in [3.63, 3.8) is 0 Å². The lowest BCUT2D eigenvalue weighted by Crippen LogP contribution is -2.42. The average molecular weight is 553 g/mol. The zero-order valence-electron chi connectivity index (χ0n) is 21.5. The molecule has 6 rings (SSSR count). The molecule has 1 aliphatic carbocycles. The van der Waals surface area contributed by atoms with Crippen molar-refractivity contribution in [2.75, 3.05) is 19.8 Å². The van der Waals surface area contributed by atoms with Crippen LogP contribution < -0.4 is 5.56 Å². The number of H-pyrrole nitrogens is 1. The minimum absolute atomic E-state index is 0.0902. The van der Waals surface area contributed by atoms with Crippen LogP contribution in [0.2, 0.25) is 0 Å². The van der Waals surface area contributed by atoms with Crippen LogP contribution in [0, 0.1) is 0 Å². The van der Waals surface area contributed by atoms with Crippen LogP contribution in [0.3, 0.4) is 0 Å². The zero-order chi connectivity index (χ0) is 28.1. The first-order chi connectivity index (χ1) is 19.2. The highest BCUT2D eigenvalue weighted by Gasteiger charge is 2.49. The van der Waals surface area contributed by atoms with E-state index >= 15 is 0 Å². The number of fused-ring (bicyclic) bond motifs is 1. The minimum Gasteiger partial charge on any atom is -0.378 e. The van der Waals surface area contributed by atoms with E-state index in [-0.39, 0.29) is 30.6 Å². The number of carbonyl (C=O) groups is 1. The lowest BCUT2D eigenvalue weighted by Gasteiger charge is -2.30. The number of aliphatic hydroxyl groups is 1. The molecule has 4 heterocycles. The predicted molar refractivity (Wildman–Crippen MR) is 138 cm³/mol. The largest absolute Gasteiger partial charge is 0.416 e. The van der Waals surface area contributed by atoms with Crippen molar-refractivity contribution in [1.29, 1.82) is 0 Å². The number of aliphatic hydroxyl groups excluding tert-OH is 1. The Kier molecular flexibility index (Phi) is 6.58. The maximum absolute atomic E-state index is 13.2. The smallest absolute Gasteiger partial charge is 0.378 e. The highest BCUT2D eigenvalue weighted by atomic mass is 19.4. The summed E-state index contributed by atoms with van der Waals surface area (Å²) in [6.45, 7) is 1.32. The van der Waals surface area contributed by atoms with Crippen molar-refractivity contribution >= 4 is 11.5 Å². The van der Waals surface area contributed by atoms with Crippen molar-refractivity contribution in [2.24, 2.45) is 0 Å². The molecule has 2 N–H and O–H groups in total. The fourth-order valence-electron chi connectivity index (χ4n) is 5.49. The maximum Gasteiger partial charge on any atom is 0.416 e. The molecule has 1 saturated carbocycles. The molecule has 0 radical (unpaired) electrons. The van der Waals surface area contributed by atoms with Gasteiger partial charge in [-0.05, 0) is 59.7 Å². The van der Waals surface area contributed by atoms with Crippen molar-refractivity contribution in [1.82, 2.24) is 19.9 Å². The maximum atomic E-state index is 13.2. The van der Waals surface area contributed by atoms with Crippen LogP contribution in [0.1, 0.15) is 64.7 Å². The number of aromatic amines is 1. The van der Waals surface area contributed by atoms with E-state index in [4.69, 9.17) is 9.72 Å². The monoisotopic (exact) mass is 552 g/mol. The number of carbonyl (C=O) groups excluding carboxylic acids is 1. The highest BCUT2D eigenvalue weighted by Crippen LogP contribution is 2.52. The third-order valence-corrected chi connectivity index (χ3v) is 7.97. The van der Waals surface area contributed by atoms with Gasteiger partial charge in [0, 0.05) is 25.4 Å². The number of ether oxygens (including phenoxy) is 1. The third-order valence-electron chi connectivity index (χ3n) is 7.97. The molecule has 1 atom stereocenters. The van der Waals surface area contributed by atoms with E-state index in [0.717, 1.165) is 48.6 Å². The molecule has 0 bridgehead atoms. The molecule has 1 aromatic carbocycles. The molecule has 11 heteroatoms. The summed E-state index contributed by atoms with van der Waals surface area (Å²) in [6.07, 6.45) is 2.04. The first-order valence-electron chi connectivity index (χ1n) is 13.1. The molecule has 1 fully saturated rings. The molecule has 2 aromatic heterocycles. The van der Waals surface area contributed by atoms with Gasteiger partial charge < -0.3 is 19.7 Å². The molecular weight excluding hydrogens is 525 g/mol. The number of nitrogens with one attached hydrogen (secondary N) is 1. The van der Waals surface area contributed by atoms with Crippen molar-refractivity contribution in [2.45, 2.75) is 49.9 Å². The summed E-state index contributed by atoms with van der Waals surface area (Å²) in [5.74, 6) is -0.197. The van der Waals surface area contributed by atoms with Crippen LogP contribution in [0.15, 0.2) is 53.6 Å². The van der Waals surface area contributed by atoms with E-state index in [1.807, 2.05) is 12.4 Å². The van der Waals surface area contributed by atoms with Crippen LogP contribution in [0.5, 0.6) is 0 Å².